The van der Waals surface area contributed by atoms with E-state index in [0.29, 0.717) is 11.1 Å². The lowest BCUT2D eigenvalue weighted by atomic mass is 10.2. The summed E-state index contributed by atoms with van der Waals surface area (Å²) in [6, 6.07) is 4.65. The molecule has 6 nitrogen and oxygen atoms in total. The number of fused-ring (bicyclic) bond motifs is 1. The lowest BCUT2D eigenvalue weighted by molar-refractivity contribution is 0.201. The van der Waals surface area contributed by atoms with Crippen molar-refractivity contribution in [3.8, 4) is 17.2 Å². The fourth-order valence-corrected chi connectivity index (χ4v) is 1.74. The molecule has 0 radical (unpaired) electrons. The van der Waals surface area contributed by atoms with Gasteiger partial charge in [-0.05, 0) is 26.0 Å². The molecule has 1 aromatic carbocycles. The van der Waals surface area contributed by atoms with Crippen molar-refractivity contribution in [3.63, 3.8) is 0 Å². The van der Waals surface area contributed by atoms with E-state index in [-0.39, 0.29) is 36.4 Å². The van der Waals surface area contributed by atoms with Gasteiger partial charge in [0.25, 0.3) is 0 Å². The number of hydrogen-bond acceptors (Lipinski definition) is 6. The van der Waals surface area contributed by atoms with Gasteiger partial charge in [0.15, 0.2) is 5.75 Å². The first kappa shape index (κ1) is 14.2. The quantitative estimate of drug-likeness (QED) is 0.810. The second-order valence-electron chi connectivity index (χ2n) is 4.46. The van der Waals surface area contributed by atoms with Crippen LogP contribution in [0.25, 0.3) is 11.0 Å². The SMILES string of the molecule is CC(C)Oc1c(O)c2ccc(OCCO)cc2oc1=O. The van der Waals surface area contributed by atoms with E-state index in [1.807, 2.05) is 0 Å². The Balaban J connectivity index is 2.49. The number of aliphatic hydroxyl groups excluding tert-OH is 1. The molecule has 0 saturated heterocycles. The molecule has 2 N–H and O–H groups in total. The molecule has 0 fully saturated rings. The summed E-state index contributed by atoms with van der Waals surface area (Å²) in [6.07, 6.45) is -0.256. The number of aromatic hydroxyl groups is 1. The Labute approximate surface area is 115 Å². The lowest BCUT2D eigenvalue weighted by Gasteiger charge is -2.11. The van der Waals surface area contributed by atoms with Crippen molar-refractivity contribution in [3.05, 3.63) is 28.6 Å². The number of benzene rings is 1. The molecule has 0 atom stereocenters. The van der Waals surface area contributed by atoms with Gasteiger partial charge >= 0.3 is 5.63 Å². The van der Waals surface area contributed by atoms with Crippen molar-refractivity contribution in [1.82, 2.24) is 0 Å². The van der Waals surface area contributed by atoms with Crippen LogP contribution in [0.4, 0.5) is 0 Å². The summed E-state index contributed by atoms with van der Waals surface area (Å²) >= 11 is 0. The highest BCUT2D eigenvalue weighted by atomic mass is 16.5. The van der Waals surface area contributed by atoms with E-state index in [9.17, 15) is 9.90 Å². The summed E-state index contributed by atoms with van der Waals surface area (Å²) in [5, 5.41) is 19.1. The average Bonchev–Trinajstić information content (AvgIpc) is 2.40. The fraction of sp³-hybridized carbons (Fsp3) is 0.357. The number of ether oxygens (including phenoxy) is 2. The average molecular weight is 280 g/mol. The molecule has 0 bridgehead atoms. The first-order valence-electron chi connectivity index (χ1n) is 6.23. The third-order valence-corrected chi connectivity index (χ3v) is 2.52. The van der Waals surface area contributed by atoms with Crippen LogP contribution in [0.1, 0.15) is 13.8 Å². The van der Waals surface area contributed by atoms with Crippen LogP contribution in [0.15, 0.2) is 27.4 Å². The smallest absolute Gasteiger partial charge is 0.383 e. The van der Waals surface area contributed by atoms with E-state index < -0.39 is 5.63 Å². The molecular formula is C14H16O6. The third kappa shape index (κ3) is 2.85. The predicted molar refractivity (Wildman–Crippen MR) is 72.5 cm³/mol. The van der Waals surface area contributed by atoms with Crippen LogP contribution in [0.5, 0.6) is 17.2 Å². The standard InChI is InChI=1S/C14H16O6/c1-8(2)19-13-12(16)10-4-3-9(18-6-5-15)7-11(10)20-14(13)17/h3-4,7-8,15-16H,5-6H2,1-2H3. The van der Waals surface area contributed by atoms with Gasteiger partial charge in [-0.25, -0.2) is 4.79 Å². The molecule has 6 heteroatoms. The Morgan fingerprint density at radius 2 is 2.10 bits per heavy atom. The molecule has 1 heterocycles. The maximum absolute atomic E-state index is 11.8. The van der Waals surface area contributed by atoms with Crippen LogP contribution in [-0.2, 0) is 0 Å². The zero-order valence-electron chi connectivity index (χ0n) is 11.3. The topological polar surface area (TPSA) is 89.1 Å². The second-order valence-corrected chi connectivity index (χ2v) is 4.46. The summed E-state index contributed by atoms with van der Waals surface area (Å²) in [7, 11) is 0. The van der Waals surface area contributed by atoms with Crippen LogP contribution in [-0.4, -0.2) is 29.5 Å². The van der Waals surface area contributed by atoms with Crippen LogP contribution in [0.3, 0.4) is 0 Å². The molecule has 2 aromatic rings. The predicted octanol–water partition coefficient (Wildman–Crippen LogP) is 1.66. The molecule has 0 unspecified atom stereocenters. The molecule has 0 spiro atoms. The van der Waals surface area contributed by atoms with E-state index in [2.05, 4.69) is 0 Å². The van der Waals surface area contributed by atoms with Crippen LogP contribution < -0.4 is 15.1 Å². The molecule has 0 aliphatic heterocycles. The molecular weight excluding hydrogens is 264 g/mol. The van der Waals surface area contributed by atoms with Crippen LogP contribution >= 0.6 is 0 Å². The molecule has 2 rings (SSSR count). The van der Waals surface area contributed by atoms with Gasteiger partial charge in [0.1, 0.15) is 17.9 Å². The number of rotatable bonds is 5. The summed E-state index contributed by atoms with van der Waals surface area (Å²) < 4.78 is 15.6. The first-order valence-corrected chi connectivity index (χ1v) is 6.23. The Morgan fingerprint density at radius 3 is 2.75 bits per heavy atom. The zero-order valence-corrected chi connectivity index (χ0v) is 11.3. The summed E-state index contributed by atoms with van der Waals surface area (Å²) in [5.41, 5.74) is -0.554. The Kier molecular flexibility index (Phi) is 4.14. The fourth-order valence-electron chi connectivity index (χ4n) is 1.74. The second kappa shape index (κ2) is 5.83. The van der Waals surface area contributed by atoms with Crippen molar-refractivity contribution in [2.24, 2.45) is 0 Å². The van der Waals surface area contributed by atoms with E-state index in [1.165, 1.54) is 6.07 Å². The highest BCUT2D eigenvalue weighted by Crippen LogP contribution is 2.33. The summed E-state index contributed by atoms with van der Waals surface area (Å²) in [6.45, 7) is 3.51. The van der Waals surface area contributed by atoms with Gasteiger partial charge in [0.2, 0.25) is 5.75 Å². The van der Waals surface area contributed by atoms with Crippen molar-refractivity contribution >= 4 is 11.0 Å². The molecule has 0 aliphatic rings. The first-order chi connectivity index (χ1) is 9.52. The van der Waals surface area contributed by atoms with Gasteiger partial charge in [0, 0.05) is 6.07 Å². The molecule has 1 aromatic heterocycles. The van der Waals surface area contributed by atoms with Crippen LogP contribution in [0.2, 0.25) is 0 Å². The minimum atomic E-state index is -0.747. The van der Waals surface area contributed by atoms with Crippen LogP contribution in [0, 0.1) is 0 Å². The minimum absolute atomic E-state index is 0.117. The molecule has 0 saturated carbocycles. The highest BCUT2D eigenvalue weighted by molar-refractivity contribution is 5.86. The Hall–Kier alpha value is -2.21. The minimum Gasteiger partial charge on any atom is -0.504 e. The van der Waals surface area contributed by atoms with Crippen molar-refractivity contribution in [2.45, 2.75) is 20.0 Å². The highest BCUT2D eigenvalue weighted by Gasteiger charge is 2.17. The van der Waals surface area contributed by atoms with Gasteiger partial charge < -0.3 is 24.1 Å². The third-order valence-electron chi connectivity index (χ3n) is 2.52. The van der Waals surface area contributed by atoms with E-state index in [1.54, 1.807) is 26.0 Å². The van der Waals surface area contributed by atoms with Gasteiger partial charge in [-0.1, -0.05) is 0 Å². The number of aliphatic hydroxyl groups is 1. The van der Waals surface area contributed by atoms with Gasteiger partial charge in [-0.3, -0.25) is 0 Å². The zero-order chi connectivity index (χ0) is 14.7. The summed E-state index contributed by atoms with van der Waals surface area (Å²) in [5.74, 6) is -0.0122. The number of hydrogen-bond donors (Lipinski definition) is 2. The van der Waals surface area contributed by atoms with Gasteiger partial charge in [0.05, 0.1) is 18.1 Å². The van der Waals surface area contributed by atoms with Crippen molar-refractivity contribution in [1.29, 1.82) is 0 Å². The normalized spacial score (nSPS) is 11.0. The lowest BCUT2D eigenvalue weighted by Crippen LogP contribution is -2.13. The molecule has 0 amide bonds. The van der Waals surface area contributed by atoms with E-state index in [0.717, 1.165) is 0 Å². The molecule has 108 valence electrons. The molecule has 20 heavy (non-hydrogen) atoms. The Bertz CT molecular complexity index is 658. The Morgan fingerprint density at radius 1 is 1.35 bits per heavy atom. The van der Waals surface area contributed by atoms with Crippen molar-refractivity contribution < 1.29 is 24.1 Å². The van der Waals surface area contributed by atoms with Gasteiger partial charge in [-0.2, -0.15) is 0 Å². The maximum Gasteiger partial charge on any atom is 0.383 e. The maximum atomic E-state index is 11.8. The monoisotopic (exact) mass is 280 g/mol. The van der Waals surface area contributed by atoms with Gasteiger partial charge in [-0.15, -0.1) is 0 Å². The largest absolute Gasteiger partial charge is 0.504 e. The summed E-state index contributed by atoms with van der Waals surface area (Å²) in [4.78, 5) is 11.8. The van der Waals surface area contributed by atoms with E-state index in [4.69, 9.17) is 19.0 Å². The van der Waals surface area contributed by atoms with Crippen molar-refractivity contribution in [2.75, 3.05) is 13.2 Å². The van der Waals surface area contributed by atoms with E-state index >= 15 is 0 Å². The molecule has 0 aliphatic carbocycles.